The Hall–Kier alpha value is -3.16. The van der Waals surface area contributed by atoms with Crippen molar-refractivity contribution in [3.8, 4) is 11.5 Å². The molecule has 122 valence electrons. The van der Waals surface area contributed by atoms with Crippen molar-refractivity contribution in [3.05, 3.63) is 41.6 Å². The summed E-state index contributed by atoms with van der Waals surface area (Å²) in [6, 6.07) is 8.99. The Balaban J connectivity index is 1.61. The van der Waals surface area contributed by atoms with Crippen molar-refractivity contribution in [1.82, 2.24) is 25.3 Å². The van der Waals surface area contributed by atoms with Crippen molar-refractivity contribution in [2.24, 2.45) is 0 Å². The number of fused-ring (bicyclic) bond motifs is 2. The number of carbonyl (C=O) groups excluding carboxylic acids is 1. The lowest BCUT2D eigenvalue weighted by atomic mass is 10.1. The number of hydrogen-bond donors (Lipinski definition) is 1. The Morgan fingerprint density at radius 1 is 1.29 bits per heavy atom. The molecule has 0 aliphatic carbocycles. The van der Waals surface area contributed by atoms with E-state index in [0.717, 1.165) is 17.1 Å². The summed E-state index contributed by atoms with van der Waals surface area (Å²) in [6.45, 7) is 1.35. The van der Waals surface area contributed by atoms with E-state index >= 15 is 0 Å². The Morgan fingerprint density at radius 2 is 2.21 bits per heavy atom. The number of hydrogen-bond acceptors (Lipinski definition) is 6. The molecule has 8 heteroatoms. The summed E-state index contributed by atoms with van der Waals surface area (Å²) in [7, 11) is 1.61. The zero-order chi connectivity index (χ0) is 16.5. The molecule has 0 unspecified atom stereocenters. The van der Waals surface area contributed by atoms with Crippen LogP contribution >= 0.6 is 0 Å². The van der Waals surface area contributed by atoms with Crippen LogP contribution in [0.2, 0.25) is 0 Å². The van der Waals surface area contributed by atoms with Gasteiger partial charge in [0.25, 0.3) is 5.91 Å². The van der Waals surface area contributed by atoms with Gasteiger partial charge in [0.05, 0.1) is 13.7 Å². The van der Waals surface area contributed by atoms with Crippen LogP contribution in [0, 0.1) is 0 Å². The minimum atomic E-state index is -0.160. The van der Waals surface area contributed by atoms with E-state index in [4.69, 9.17) is 9.47 Å². The number of aromatic amines is 1. The lowest BCUT2D eigenvalue weighted by Crippen LogP contribution is -2.33. The molecule has 1 aliphatic heterocycles. The maximum Gasteiger partial charge on any atom is 0.272 e. The van der Waals surface area contributed by atoms with Crippen molar-refractivity contribution in [2.45, 2.75) is 6.54 Å². The summed E-state index contributed by atoms with van der Waals surface area (Å²) in [5, 5.41) is 10.4. The topological polar surface area (TPSA) is 93.2 Å². The summed E-state index contributed by atoms with van der Waals surface area (Å²) in [5.41, 5.74) is 2.33. The van der Waals surface area contributed by atoms with Gasteiger partial charge in [-0.15, -0.1) is 5.10 Å². The second kappa shape index (κ2) is 5.80. The first-order valence-corrected chi connectivity index (χ1v) is 7.51. The van der Waals surface area contributed by atoms with Gasteiger partial charge in [-0.3, -0.25) is 4.79 Å². The first kappa shape index (κ1) is 14.4. The monoisotopic (exact) mass is 325 g/mol. The fourth-order valence-electron chi connectivity index (χ4n) is 2.67. The lowest BCUT2D eigenvalue weighted by molar-refractivity contribution is 0.0727. The zero-order valence-corrected chi connectivity index (χ0v) is 13.0. The summed E-state index contributed by atoms with van der Waals surface area (Å²) >= 11 is 0. The van der Waals surface area contributed by atoms with Gasteiger partial charge in [0.15, 0.2) is 0 Å². The number of benzene rings is 1. The molecule has 0 saturated heterocycles. The molecule has 3 aromatic rings. The van der Waals surface area contributed by atoms with Crippen LogP contribution in [0.15, 0.2) is 30.3 Å². The first-order chi connectivity index (χ1) is 11.7. The predicted molar refractivity (Wildman–Crippen MR) is 84.9 cm³/mol. The fourth-order valence-corrected chi connectivity index (χ4v) is 2.67. The number of H-pyrrole nitrogens is 1. The van der Waals surface area contributed by atoms with Crippen LogP contribution in [-0.2, 0) is 6.54 Å². The van der Waals surface area contributed by atoms with E-state index in [1.54, 1.807) is 24.1 Å². The van der Waals surface area contributed by atoms with Crippen molar-refractivity contribution < 1.29 is 14.3 Å². The highest BCUT2D eigenvalue weighted by atomic mass is 16.5. The SMILES string of the molecule is COc1ccc2c(c1)OCCN(C(=O)c1ccc3n[nH]nc3n1)C2. The van der Waals surface area contributed by atoms with Crippen LogP contribution < -0.4 is 9.47 Å². The Labute approximate surface area is 137 Å². The summed E-state index contributed by atoms with van der Waals surface area (Å²) in [6.07, 6.45) is 0. The van der Waals surface area contributed by atoms with E-state index in [2.05, 4.69) is 20.4 Å². The number of amides is 1. The van der Waals surface area contributed by atoms with Crippen molar-refractivity contribution >= 4 is 17.1 Å². The molecule has 1 aliphatic rings. The molecule has 0 bridgehead atoms. The Bertz CT molecular complexity index is 908. The van der Waals surface area contributed by atoms with Crippen molar-refractivity contribution in [1.29, 1.82) is 0 Å². The molecule has 8 nitrogen and oxygen atoms in total. The summed E-state index contributed by atoms with van der Waals surface area (Å²) in [4.78, 5) is 18.8. The minimum Gasteiger partial charge on any atom is -0.497 e. The molecule has 1 aromatic carbocycles. The first-order valence-electron chi connectivity index (χ1n) is 7.51. The van der Waals surface area contributed by atoms with Gasteiger partial charge in [-0.05, 0) is 24.3 Å². The molecule has 0 fully saturated rings. The third-order valence-electron chi connectivity index (χ3n) is 3.94. The van der Waals surface area contributed by atoms with E-state index in [9.17, 15) is 4.79 Å². The second-order valence-corrected chi connectivity index (χ2v) is 5.41. The third-order valence-corrected chi connectivity index (χ3v) is 3.94. The van der Waals surface area contributed by atoms with Crippen LogP contribution in [0.4, 0.5) is 0 Å². The van der Waals surface area contributed by atoms with Gasteiger partial charge in [0, 0.05) is 18.2 Å². The molecular weight excluding hydrogens is 310 g/mol. The molecule has 0 atom stereocenters. The van der Waals surface area contributed by atoms with Gasteiger partial charge >= 0.3 is 0 Å². The number of aromatic nitrogens is 4. The maximum absolute atomic E-state index is 12.8. The molecular formula is C16H15N5O3. The van der Waals surface area contributed by atoms with Crippen LogP contribution in [0.5, 0.6) is 11.5 Å². The number of rotatable bonds is 2. The normalized spacial score (nSPS) is 14.0. The van der Waals surface area contributed by atoms with Crippen LogP contribution in [-0.4, -0.2) is 51.5 Å². The maximum atomic E-state index is 12.8. The van der Waals surface area contributed by atoms with Crippen molar-refractivity contribution in [3.63, 3.8) is 0 Å². The molecule has 1 amide bonds. The zero-order valence-electron chi connectivity index (χ0n) is 13.0. The van der Waals surface area contributed by atoms with Crippen LogP contribution in [0.25, 0.3) is 11.2 Å². The molecule has 2 aromatic heterocycles. The number of nitrogens with one attached hydrogen (secondary N) is 1. The predicted octanol–water partition coefficient (Wildman–Crippen LogP) is 1.40. The van der Waals surface area contributed by atoms with Gasteiger partial charge in [0.1, 0.15) is 29.3 Å². The van der Waals surface area contributed by atoms with Crippen LogP contribution in [0.1, 0.15) is 16.1 Å². The molecule has 0 spiro atoms. The number of ether oxygens (including phenoxy) is 2. The standard InChI is InChI=1S/C16H15N5O3/c1-23-11-3-2-10-9-21(6-7-24-14(10)8-11)16(22)13-5-4-12-15(17-13)19-20-18-12/h2-5,8H,6-7,9H2,1H3,(H,17,18,19,20). The highest BCUT2D eigenvalue weighted by Crippen LogP contribution is 2.28. The fraction of sp³-hybridized carbons (Fsp3) is 0.250. The van der Waals surface area contributed by atoms with Gasteiger partial charge in [-0.2, -0.15) is 10.3 Å². The number of pyridine rings is 1. The number of methoxy groups -OCH3 is 1. The lowest BCUT2D eigenvalue weighted by Gasteiger charge is -2.19. The summed E-state index contributed by atoms with van der Waals surface area (Å²) in [5.74, 6) is 1.31. The van der Waals surface area contributed by atoms with Gasteiger partial charge in [-0.1, -0.05) is 0 Å². The number of nitrogens with zero attached hydrogens (tertiary/aromatic N) is 4. The molecule has 1 N–H and O–H groups in total. The van der Waals surface area contributed by atoms with E-state index in [1.165, 1.54) is 0 Å². The average Bonchev–Trinajstić information content (AvgIpc) is 2.98. The highest BCUT2D eigenvalue weighted by molar-refractivity contribution is 5.94. The highest BCUT2D eigenvalue weighted by Gasteiger charge is 2.22. The van der Waals surface area contributed by atoms with Gasteiger partial charge in [-0.25, -0.2) is 4.98 Å². The quantitative estimate of drug-likeness (QED) is 0.765. The largest absolute Gasteiger partial charge is 0.497 e. The molecule has 0 radical (unpaired) electrons. The Morgan fingerprint density at radius 3 is 3.08 bits per heavy atom. The number of carbonyl (C=O) groups is 1. The van der Waals surface area contributed by atoms with E-state index in [-0.39, 0.29) is 5.91 Å². The average molecular weight is 325 g/mol. The molecule has 0 saturated carbocycles. The molecule has 4 rings (SSSR count). The van der Waals surface area contributed by atoms with Gasteiger partial charge < -0.3 is 14.4 Å². The third kappa shape index (κ3) is 2.51. The van der Waals surface area contributed by atoms with E-state index in [1.807, 2.05) is 18.2 Å². The minimum absolute atomic E-state index is 0.160. The molecule has 3 heterocycles. The van der Waals surface area contributed by atoms with E-state index in [0.29, 0.717) is 36.6 Å². The Kier molecular flexibility index (Phi) is 3.49. The molecule has 24 heavy (non-hydrogen) atoms. The second-order valence-electron chi connectivity index (χ2n) is 5.41. The summed E-state index contributed by atoms with van der Waals surface area (Å²) < 4.78 is 11.0. The van der Waals surface area contributed by atoms with Crippen LogP contribution in [0.3, 0.4) is 0 Å². The smallest absolute Gasteiger partial charge is 0.272 e. The van der Waals surface area contributed by atoms with Crippen molar-refractivity contribution in [2.75, 3.05) is 20.3 Å². The van der Waals surface area contributed by atoms with E-state index < -0.39 is 0 Å². The van der Waals surface area contributed by atoms with Gasteiger partial charge in [0.2, 0.25) is 5.65 Å².